The van der Waals surface area contributed by atoms with Crippen LogP contribution >= 0.6 is 0 Å². The van der Waals surface area contributed by atoms with Gasteiger partial charge in [0.25, 0.3) is 0 Å². The van der Waals surface area contributed by atoms with Gasteiger partial charge in [-0.05, 0) is 38.1 Å². The van der Waals surface area contributed by atoms with Crippen molar-refractivity contribution < 1.29 is 14.7 Å². The molecule has 3 aliphatic rings. The third kappa shape index (κ3) is 2.73. The number of carbonyl (C=O) groups excluding carboxylic acids is 1. The molecule has 3 unspecified atom stereocenters. The molecular weight excluding hydrogens is 270 g/mol. The van der Waals surface area contributed by atoms with Crippen LogP contribution in [0.5, 0.6) is 0 Å². The summed E-state index contributed by atoms with van der Waals surface area (Å²) in [6, 6.07) is -0.249. The second-order valence-electron chi connectivity index (χ2n) is 6.66. The molecule has 0 radical (unpaired) electrons. The van der Waals surface area contributed by atoms with Crippen LogP contribution in [0, 0.1) is 5.92 Å². The average molecular weight is 295 g/mol. The Morgan fingerprint density at radius 3 is 2.57 bits per heavy atom. The number of aliphatic carboxylic acids is 1. The maximum atomic E-state index is 12.8. The molecule has 0 saturated carbocycles. The molecule has 0 aromatic heterocycles. The largest absolute Gasteiger partial charge is 0.480 e. The van der Waals surface area contributed by atoms with E-state index in [1.54, 1.807) is 4.90 Å². The number of hydrogen-bond acceptors (Lipinski definition) is 3. The van der Waals surface area contributed by atoms with E-state index >= 15 is 0 Å². The van der Waals surface area contributed by atoms with E-state index in [1.807, 2.05) is 11.8 Å². The Morgan fingerprint density at radius 2 is 1.81 bits per heavy atom. The fourth-order valence-corrected chi connectivity index (χ4v) is 4.10. The van der Waals surface area contributed by atoms with Crippen LogP contribution < -0.4 is 0 Å². The summed E-state index contributed by atoms with van der Waals surface area (Å²) in [5, 5.41) is 9.39. The van der Waals surface area contributed by atoms with Crippen molar-refractivity contribution in [3.05, 3.63) is 0 Å². The summed E-state index contributed by atoms with van der Waals surface area (Å²) >= 11 is 0. The number of carboxylic acid groups (broad SMARTS) is 1. The molecule has 3 atom stereocenters. The predicted molar refractivity (Wildman–Crippen MR) is 78.1 cm³/mol. The van der Waals surface area contributed by atoms with Crippen molar-refractivity contribution in [3.8, 4) is 0 Å². The van der Waals surface area contributed by atoms with Gasteiger partial charge in [-0.3, -0.25) is 4.90 Å². The summed E-state index contributed by atoms with van der Waals surface area (Å²) < 4.78 is 0. The van der Waals surface area contributed by atoms with Gasteiger partial charge in [0.1, 0.15) is 6.04 Å². The zero-order valence-electron chi connectivity index (χ0n) is 12.7. The predicted octanol–water partition coefficient (Wildman–Crippen LogP) is 1.07. The number of hydrogen-bond donors (Lipinski definition) is 1. The van der Waals surface area contributed by atoms with Crippen LogP contribution in [-0.4, -0.2) is 76.6 Å². The first-order valence-electron chi connectivity index (χ1n) is 8.10. The monoisotopic (exact) mass is 295 g/mol. The molecule has 3 aliphatic heterocycles. The number of amides is 2. The van der Waals surface area contributed by atoms with E-state index in [-0.39, 0.29) is 11.9 Å². The lowest BCUT2D eigenvalue weighted by Crippen LogP contribution is -2.51. The maximum absolute atomic E-state index is 12.8. The van der Waals surface area contributed by atoms with Gasteiger partial charge >= 0.3 is 12.0 Å². The zero-order valence-corrected chi connectivity index (χ0v) is 12.7. The number of rotatable bonds is 1. The number of urea groups is 1. The van der Waals surface area contributed by atoms with E-state index in [2.05, 4.69) is 4.90 Å². The Labute approximate surface area is 125 Å². The van der Waals surface area contributed by atoms with Crippen molar-refractivity contribution in [2.24, 2.45) is 5.92 Å². The van der Waals surface area contributed by atoms with Crippen molar-refractivity contribution in [2.75, 3.05) is 32.7 Å². The van der Waals surface area contributed by atoms with Gasteiger partial charge in [0.05, 0.1) is 0 Å². The molecule has 0 spiro atoms. The van der Waals surface area contributed by atoms with E-state index in [9.17, 15) is 14.7 Å². The fourth-order valence-electron chi connectivity index (χ4n) is 4.10. The smallest absolute Gasteiger partial charge is 0.326 e. The highest BCUT2D eigenvalue weighted by molar-refractivity contribution is 5.83. The first-order valence-corrected chi connectivity index (χ1v) is 8.10. The Bertz CT molecular complexity index is 428. The molecule has 1 N–H and O–H groups in total. The first-order chi connectivity index (χ1) is 10.1. The molecule has 3 rings (SSSR count). The second kappa shape index (κ2) is 5.83. The van der Waals surface area contributed by atoms with Gasteiger partial charge in [-0.2, -0.15) is 0 Å². The highest BCUT2D eigenvalue weighted by atomic mass is 16.4. The van der Waals surface area contributed by atoms with Crippen LogP contribution in [0.3, 0.4) is 0 Å². The highest BCUT2D eigenvalue weighted by Crippen LogP contribution is 2.27. The molecule has 3 saturated heterocycles. The molecule has 0 aliphatic carbocycles. The number of fused-ring (bicyclic) bond motifs is 1. The number of nitrogens with zero attached hydrogens (tertiary/aromatic N) is 3. The minimum absolute atomic E-state index is 0.0430. The van der Waals surface area contributed by atoms with Crippen LogP contribution in [0.25, 0.3) is 0 Å². The average Bonchev–Trinajstić information content (AvgIpc) is 2.99. The lowest BCUT2D eigenvalue weighted by Gasteiger charge is -2.32. The van der Waals surface area contributed by atoms with Crippen molar-refractivity contribution in [1.82, 2.24) is 14.7 Å². The van der Waals surface area contributed by atoms with Gasteiger partial charge < -0.3 is 14.9 Å². The number of carbonyl (C=O) groups is 2. The quantitative estimate of drug-likeness (QED) is 0.786. The third-order valence-electron chi connectivity index (χ3n) is 5.27. The molecule has 0 aromatic rings. The highest BCUT2D eigenvalue weighted by Gasteiger charge is 2.42. The second-order valence-corrected chi connectivity index (χ2v) is 6.66. The minimum atomic E-state index is -0.870. The Kier molecular flexibility index (Phi) is 4.06. The summed E-state index contributed by atoms with van der Waals surface area (Å²) in [6.45, 7) is 6.21. The molecule has 6 nitrogen and oxygen atoms in total. The van der Waals surface area contributed by atoms with Crippen LogP contribution in [0.4, 0.5) is 4.79 Å². The fraction of sp³-hybridized carbons (Fsp3) is 0.867. The molecule has 3 heterocycles. The van der Waals surface area contributed by atoms with Gasteiger partial charge in [0, 0.05) is 32.2 Å². The van der Waals surface area contributed by atoms with Crippen molar-refractivity contribution in [2.45, 2.75) is 44.7 Å². The van der Waals surface area contributed by atoms with E-state index in [4.69, 9.17) is 0 Å². The maximum Gasteiger partial charge on any atom is 0.326 e. The summed E-state index contributed by atoms with van der Waals surface area (Å²) in [4.78, 5) is 30.2. The topological polar surface area (TPSA) is 64.1 Å². The van der Waals surface area contributed by atoms with Gasteiger partial charge in [-0.1, -0.05) is 6.92 Å². The SMILES string of the molecule is CC1CCN(C(=O)N2CCCN3CCCC3C2)C1C(=O)O. The Morgan fingerprint density at radius 1 is 1.05 bits per heavy atom. The lowest BCUT2D eigenvalue weighted by molar-refractivity contribution is -0.142. The molecule has 2 amide bonds. The van der Waals surface area contributed by atoms with Crippen LogP contribution in [-0.2, 0) is 4.79 Å². The van der Waals surface area contributed by atoms with E-state index in [0.717, 1.165) is 45.4 Å². The molecule has 0 bridgehead atoms. The lowest BCUT2D eigenvalue weighted by atomic mass is 10.0. The van der Waals surface area contributed by atoms with Gasteiger partial charge in [0.2, 0.25) is 0 Å². The summed E-state index contributed by atoms with van der Waals surface area (Å²) in [5.74, 6) is -0.827. The molecule has 21 heavy (non-hydrogen) atoms. The normalized spacial score (nSPS) is 33.9. The Hall–Kier alpha value is -1.30. The summed E-state index contributed by atoms with van der Waals surface area (Å²) in [6.07, 6.45) is 4.14. The van der Waals surface area contributed by atoms with Crippen LogP contribution in [0.15, 0.2) is 0 Å². The number of likely N-dealkylation sites (tertiary alicyclic amines) is 1. The van der Waals surface area contributed by atoms with Crippen molar-refractivity contribution in [3.63, 3.8) is 0 Å². The molecular formula is C15H25N3O3. The molecule has 3 fully saturated rings. The van der Waals surface area contributed by atoms with E-state index in [1.165, 1.54) is 6.42 Å². The third-order valence-corrected chi connectivity index (χ3v) is 5.27. The van der Waals surface area contributed by atoms with E-state index < -0.39 is 12.0 Å². The van der Waals surface area contributed by atoms with Crippen LogP contribution in [0.1, 0.15) is 32.6 Å². The standard InChI is InChI=1S/C15H25N3O3/c1-11-5-9-18(13(11)14(19)20)15(21)17-8-3-7-16-6-2-4-12(16)10-17/h11-13H,2-10H2,1H3,(H,19,20). The summed E-state index contributed by atoms with van der Waals surface area (Å²) in [7, 11) is 0. The van der Waals surface area contributed by atoms with Crippen LogP contribution in [0.2, 0.25) is 0 Å². The van der Waals surface area contributed by atoms with Gasteiger partial charge in [-0.25, -0.2) is 9.59 Å². The molecule has 6 heteroatoms. The van der Waals surface area contributed by atoms with Crippen molar-refractivity contribution >= 4 is 12.0 Å². The molecule has 0 aromatic carbocycles. The summed E-state index contributed by atoms with van der Waals surface area (Å²) in [5.41, 5.74) is 0. The number of carboxylic acids is 1. The van der Waals surface area contributed by atoms with Gasteiger partial charge in [0.15, 0.2) is 0 Å². The van der Waals surface area contributed by atoms with Gasteiger partial charge in [-0.15, -0.1) is 0 Å². The first kappa shape index (κ1) is 14.6. The van der Waals surface area contributed by atoms with E-state index in [0.29, 0.717) is 12.6 Å². The Balaban J connectivity index is 1.70. The molecule has 118 valence electrons. The zero-order chi connectivity index (χ0) is 15.0. The van der Waals surface area contributed by atoms with Crippen molar-refractivity contribution in [1.29, 1.82) is 0 Å². The minimum Gasteiger partial charge on any atom is -0.480 e.